The van der Waals surface area contributed by atoms with Crippen molar-refractivity contribution in [1.82, 2.24) is 29.3 Å². The molecule has 0 radical (unpaired) electrons. The predicted octanol–water partition coefficient (Wildman–Crippen LogP) is 3.46. The molecule has 0 spiro atoms. The Hall–Kier alpha value is -3.96. The lowest BCUT2D eigenvalue weighted by Crippen LogP contribution is -2.35. The number of hydrogen-bond donors (Lipinski definition) is 3. The van der Waals surface area contributed by atoms with E-state index in [4.69, 9.17) is 11.6 Å². The SMILES string of the molecule is C=CC(=O)Nc1c[nH]c(C(=O)Nc2nc3cccc(Cl)c3n2[C@@H]2CCCCN(C(=O)/C=C/CN(C)C)C2)n1. The molecular weight excluding hydrogens is 508 g/mol. The van der Waals surface area contributed by atoms with Gasteiger partial charge < -0.3 is 24.7 Å². The van der Waals surface area contributed by atoms with Gasteiger partial charge >= 0.3 is 0 Å². The van der Waals surface area contributed by atoms with Crippen LogP contribution < -0.4 is 10.6 Å². The molecule has 3 amide bonds. The van der Waals surface area contributed by atoms with Gasteiger partial charge in [0.25, 0.3) is 5.91 Å². The number of aromatic amines is 1. The number of carbonyl (C=O) groups is 3. The number of H-pyrrole nitrogens is 1. The molecule has 38 heavy (non-hydrogen) atoms. The number of anilines is 2. The van der Waals surface area contributed by atoms with Gasteiger partial charge in [0.1, 0.15) is 0 Å². The molecule has 1 aromatic carbocycles. The molecular formula is C26H31ClN8O3. The molecule has 1 atom stereocenters. The first kappa shape index (κ1) is 27.1. The summed E-state index contributed by atoms with van der Waals surface area (Å²) in [6, 6.07) is 5.24. The summed E-state index contributed by atoms with van der Waals surface area (Å²) in [5.41, 5.74) is 1.31. The van der Waals surface area contributed by atoms with E-state index in [1.54, 1.807) is 18.2 Å². The quantitative estimate of drug-likeness (QED) is 0.377. The average molecular weight is 539 g/mol. The number of imidazole rings is 2. The van der Waals surface area contributed by atoms with Crippen molar-refractivity contribution in [1.29, 1.82) is 0 Å². The minimum atomic E-state index is -0.537. The zero-order valence-corrected chi connectivity index (χ0v) is 22.2. The van der Waals surface area contributed by atoms with Crippen LogP contribution in [0.5, 0.6) is 0 Å². The number of likely N-dealkylation sites (tertiary alicyclic amines) is 1. The molecule has 1 aliphatic heterocycles. The second kappa shape index (κ2) is 12.1. The van der Waals surface area contributed by atoms with Crippen LogP contribution in [0.4, 0.5) is 11.8 Å². The number of likely N-dealkylation sites (N-methyl/N-ethyl adjacent to an activating group) is 1. The highest BCUT2D eigenvalue weighted by Gasteiger charge is 2.28. The lowest BCUT2D eigenvalue weighted by Gasteiger charge is -2.26. The van der Waals surface area contributed by atoms with E-state index in [1.807, 2.05) is 40.6 Å². The molecule has 0 bridgehead atoms. The molecule has 3 N–H and O–H groups in total. The van der Waals surface area contributed by atoms with E-state index in [2.05, 4.69) is 32.2 Å². The van der Waals surface area contributed by atoms with E-state index in [0.717, 1.165) is 25.3 Å². The maximum atomic E-state index is 13.1. The molecule has 0 saturated carbocycles. The van der Waals surface area contributed by atoms with Crippen molar-refractivity contribution in [3.63, 3.8) is 0 Å². The topological polar surface area (TPSA) is 128 Å². The highest BCUT2D eigenvalue weighted by atomic mass is 35.5. The number of benzene rings is 1. The Morgan fingerprint density at radius 2 is 2.05 bits per heavy atom. The van der Waals surface area contributed by atoms with Crippen LogP contribution in [0.3, 0.4) is 0 Å². The molecule has 12 heteroatoms. The number of halogens is 1. The van der Waals surface area contributed by atoms with Gasteiger partial charge in [0.15, 0.2) is 11.6 Å². The minimum absolute atomic E-state index is 0.00207. The Bertz CT molecular complexity index is 1380. The summed E-state index contributed by atoms with van der Waals surface area (Å²) in [5.74, 6) is -0.540. The Morgan fingerprint density at radius 3 is 2.82 bits per heavy atom. The molecule has 3 aromatic rings. The summed E-state index contributed by atoms with van der Waals surface area (Å²) in [6.07, 6.45) is 8.54. The van der Waals surface area contributed by atoms with Crippen molar-refractivity contribution in [3.8, 4) is 0 Å². The van der Waals surface area contributed by atoms with E-state index >= 15 is 0 Å². The number of rotatable bonds is 8. The number of para-hydroxylation sites is 1. The highest BCUT2D eigenvalue weighted by Crippen LogP contribution is 2.34. The summed E-state index contributed by atoms with van der Waals surface area (Å²) in [7, 11) is 3.89. The number of amides is 3. The van der Waals surface area contributed by atoms with Crippen LogP contribution in [0.25, 0.3) is 11.0 Å². The first-order chi connectivity index (χ1) is 18.3. The lowest BCUT2D eigenvalue weighted by atomic mass is 10.1. The van der Waals surface area contributed by atoms with Gasteiger partial charge in [-0.3, -0.25) is 19.7 Å². The van der Waals surface area contributed by atoms with Crippen molar-refractivity contribution in [2.75, 3.05) is 44.4 Å². The number of carbonyl (C=O) groups excluding carboxylic acids is 3. The predicted molar refractivity (Wildman–Crippen MR) is 147 cm³/mol. The normalized spacial score (nSPS) is 16.1. The zero-order chi connectivity index (χ0) is 27.2. The second-order valence-corrected chi connectivity index (χ2v) is 9.70. The smallest absolute Gasteiger partial charge is 0.293 e. The molecule has 1 saturated heterocycles. The van der Waals surface area contributed by atoms with Crippen LogP contribution in [0.1, 0.15) is 35.9 Å². The van der Waals surface area contributed by atoms with Gasteiger partial charge in [-0.2, -0.15) is 0 Å². The van der Waals surface area contributed by atoms with E-state index in [-0.39, 0.29) is 23.6 Å². The summed E-state index contributed by atoms with van der Waals surface area (Å²) in [6.45, 7) is 5.17. The van der Waals surface area contributed by atoms with Crippen molar-refractivity contribution in [2.24, 2.45) is 0 Å². The van der Waals surface area contributed by atoms with E-state index < -0.39 is 11.8 Å². The maximum absolute atomic E-state index is 13.1. The van der Waals surface area contributed by atoms with Crippen LogP contribution in [0, 0.1) is 0 Å². The Morgan fingerprint density at radius 1 is 1.24 bits per heavy atom. The van der Waals surface area contributed by atoms with Crippen LogP contribution in [-0.2, 0) is 9.59 Å². The largest absolute Gasteiger partial charge is 0.339 e. The van der Waals surface area contributed by atoms with Crippen LogP contribution >= 0.6 is 11.6 Å². The third-order valence-electron chi connectivity index (χ3n) is 6.17. The standard InChI is InChI=1S/C26H31ClN8O3/c1-4-21(36)30-20-15-28-24(31-20)25(38)32-26-29-19-11-7-10-18(27)23(19)35(26)17-9-5-6-14-34(16-17)22(37)12-8-13-33(2)3/h4,7-8,10-12,15,17H,1,5-6,9,13-14,16H2,2-3H3,(H,28,31)(H,30,36)(H,29,32,38)/b12-8+/t17-/m1/s1. The zero-order valence-electron chi connectivity index (χ0n) is 21.4. The first-order valence-corrected chi connectivity index (χ1v) is 12.7. The van der Waals surface area contributed by atoms with Gasteiger partial charge in [-0.05, 0) is 51.6 Å². The molecule has 1 aliphatic rings. The fourth-order valence-electron chi connectivity index (χ4n) is 4.39. The molecule has 0 unspecified atom stereocenters. The Labute approximate surface area is 225 Å². The maximum Gasteiger partial charge on any atom is 0.293 e. The second-order valence-electron chi connectivity index (χ2n) is 9.29. The minimum Gasteiger partial charge on any atom is -0.339 e. The van der Waals surface area contributed by atoms with E-state index in [0.29, 0.717) is 41.6 Å². The summed E-state index contributed by atoms with van der Waals surface area (Å²) >= 11 is 6.62. The number of fused-ring (bicyclic) bond motifs is 1. The molecule has 4 rings (SSSR count). The molecule has 11 nitrogen and oxygen atoms in total. The van der Waals surface area contributed by atoms with Gasteiger partial charge in [0.05, 0.1) is 22.1 Å². The van der Waals surface area contributed by atoms with Gasteiger partial charge in [-0.1, -0.05) is 30.3 Å². The van der Waals surface area contributed by atoms with Crippen molar-refractivity contribution in [2.45, 2.75) is 25.3 Å². The Balaban J connectivity index is 1.63. The summed E-state index contributed by atoms with van der Waals surface area (Å²) < 4.78 is 1.91. The number of aromatic nitrogens is 4. The third-order valence-corrected chi connectivity index (χ3v) is 6.48. The van der Waals surface area contributed by atoms with Gasteiger partial charge in [0.2, 0.25) is 17.8 Å². The number of hydrogen-bond acceptors (Lipinski definition) is 6. The van der Waals surface area contributed by atoms with Crippen molar-refractivity contribution < 1.29 is 14.4 Å². The molecule has 0 aliphatic carbocycles. The van der Waals surface area contributed by atoms with Crippen LogP contribution in [-0.4, -0.2) is 80.8 Å². The summed E-state index contributed by atoms with van der Waals surface area (Å²) in [4.78, 5) is 53.0. The average Bonchev–Trinajstić information content (AvgIpc) is 3.41. The number of nitrogens with zero attached hydrogens (tertiary/aromatic N) is 5. The van der Waals surface area contributed by atoms with Gasteiger partial charge in [-0.25, -0.2) is 9.97 Å². The summed E-state index contributed by atoms with van der Waals surface area (Å²) in [5, 5.41) is 5.84. The van der Waals surface area contributed by atoms with E-state index in [9.17, 15) is 14.4 Å². The first-order valence-electron chi connectivity index (χ1n) is 12.3. The number of nitrogens with one attached hydrogen (secondary N) is 3. The van der Waals surface area contributed by atoms with Crippen molar-refractivity contribution in [3.05, 3.63) is 60.0 Å². The third kappa shape index (κ3) is 6.29. The lowest BCUT2D eigenvalue weighted by molar-refractivity contribution is -0.126. The highest BCUT2D eigenvalue weighted by molar-refractivity contribution is 6.35. The van der Waals surface area contributed by atoms with Crippen LogP contribution in [0.2, 0.25) is 5.02 Å². The Kier molecular flexibility index (Phi) is 8.59. The van der Waals surface area contributed by atoms with Gasteiger partial charge in [0, 0.05) is 31.9 Å². The molecule has 200 valence electrons. The van der Waals surface area contributed by atoms with Gasteiger partial charge in [-0.15, -0.1) is 0 Å². The fourth-order valence-corrected chi connectivity index (χ4v) is 4.65. The molecule has 3 heterocycles. The fraction of sp³-hybridized carbons (Fsp3) is 0.346. The van der Waals surface area contributed by atoms with Crippen molar-refractivity contribution >= 4 is 52.1 Å². The van der Waals surface area contributed by atoms with E-state index in [1.165, 1.54) is 6.20 Å². The van der Waals surface area contributed by atoms with Crippen LogP contribution in [0.15, 0.2) is 49.2 Å². The monoisotopic (exact) mass is 538 g/mol. The molecule has 2 aromatic heterocycles. The molecule has 1 fully saturated rings.